The van der Waals surface area contributed by atoms with Gasteiger partial charge < -0.3 is 5.11 Å². The van der Waals surface area contributed by atoms with E-state index in [1.165, 1.54) is 5.57 Å². The van der Waals surface area contributed by atoms with E-state index in [4.69, 9.17) is 5.11 Å². The Morgan fingerprint density at radius 1 is 1.75 bits per heavy atom. The van der Waals surface area contributed by atoms with Crippen molar-refractivity contribution in [3.8, 4) is 0 Å². The molecule has 1 aliphatic rings. The summed E-state index contributed by atoms with van der Waals surface area (Å²) in [7, 11) is 0. The molecule has 0 saturated heterocycles. The molecular weight excluding hydrogens is 100 g/mol. The molecule has 0 saturated carbocycles. The minimum absolute atomic E-state index is 0.102. The highest BCUT2D eigenvalue weighted by atomic mass is 16.3. The van der Waals surface area contributed by atoms with Gasteiger partial charge in [-0.15, -0.1) is 0 Å². The molecule has 0 amide bonds. The quantitative estimate of drug-likeness (QED) is 0.469. The Kier molecular flexibility index (Phi) is 1.39. The highest BCUT2D eigenvalue weighted by molar-refractivity contribution is 5.11. The maximum absolute atomic E-state index is 9.12. The van der Waals surface area contributed by atoms with Gasteiger partial charge in [-0.1, -0.05) is 18.6 Å². The van der Waals surface area contributed by atoms with Gasteiger partial charge in [-0.3, -0.25) is 0 Å². The minimum Gasteiger partial charge on any atom is -0.392 e. The van der Waals surface area contributed by atoms with Crippen LogP contribution >= 0.6 is 0 Å². The molecule has 1 nitrogen and oxygen atoms in total. The van der Waals surface area contributed by atoms with Gasteiger partial charge in [-0.25, -0.2) is 0 Å². The van der Waals surface area contributed by atoms with Crippen LogP contribution in [0.25, 0.3) is 0 Å². The van der Waals surface area contributed by atoms with Crippen molar-refractivity contribution in [3.05, 3.63) is 11.6 Å². The fourth-order valence-electron chi connectivity index (χ4n) is 1.00. The van der Waals surface area contributed by atoms with Crippen LogP contribution < -0.4 is 0 Å². The maximum Gasteiger partial charge on any atom is 0.0637 e. The molecule has 0 bridgehead atoms. The van der Waals surface area contributed by atoms with E-state index < -0.39 is 0 Å². The summed E-state index contributed by atoms with van der Waals surface area (Å²) in [6.45, 7) is 4.13. The lowest BCUT2D eigenvalue weighted by molar-refractivity contribution is 0.147. The van der Waals surface area contributed by atoms with E-state index >= 15 is 0 Å². The van der Waals surface area contributed by atoms with E-state index in [-0.39, 0.29) is 6.10 Å². The van der Waals surface area contributed by atoms with E-state index in [9.17, 15) is 0 Å². The minimum atomic E-state index is -0.102. The SMILES string of the molecule is CC1=CC[C@H](O)[C@H]1C. The molecule has 1 N–H and O–H groups in total. The Balaban J connectivity index is 2.59. The summed E-state index contributed by atoms with van der Waals surface area (Å²) >= 11 is 0. The zero-order valence-electron chi connectivity index (χ0n) is 5.39. The first-order valence-electron chi connectivity index (χ1n) is 3.06. The van der Waals surface area contributed by atoms with Gasteiger partial charge in [-0.2, -0.15) is 0 Å². The van der Waals surface area contributed by atoms with Crippen molar-refractivity contribution >= 4 is 0 Å². The molecule has 0 spiro atoms. The van der Waals surface area contributed by atoms with Gasteiger partial charge in [0, 0.05) is 5.92 Å². The van der Waals surface area contributed by atoms with Gasteiger partial charge in [0.1, 0.15) is 0 Å². The summed E-state index contributed by atoms with van der Waals surface area (Å²) in [5, 5.41) is 9.12. The Labute approximate surface area is 50.0 Å². The summed E-state index contributed by atoms with van der Waals surface area (Å²) in [5.74, 6) is 0.398. The number of aliphatic hydroxyl groups is 1. The van der Waals surface area contributed by atoms with Gasteiger partial charge in [-0.05, 0) is 13.3 Å². The van der Waals surface area contributed by atoms with E-state index in [1.807, 2.05) is 0 Å². The number of hydrogen-bond donors (Lipinski definition) is 1. The molecule has 0 aromatic rings. The predicted molar refractivity (Wildman–Crippen MR) is 33.5 cm³/mol. The van der Waals surface area contributed by atoms with Crippen LogP contribution in [-0.4, -0.2) is 11.2 Å². The smallest absolute Gasteiger partial charge is 0.0637 e. The molecule has 0 unspecified atom stereocenters. The lowest BCUT2D eigenvalue weighted by Gasteiger charge is -2.08. The molecule has 1 rings (SSSR count). The molecule has 2 atom stereocenters. The van der Waals surface area contributed by atoms with Crippen LogP contribution in [0.4, 0.5) is 0 Å². The maximum atomic E-state index is 9.12. The van der Waals surface area contributed by atoms with Crippen molar-refractivity contribution < 1.29 is 5.11 Å². The van der Waals surface area contributed by atoms with Crippen LogP contribution in [0.1, 0.15) is 20.3 Å². The first-order chi connectivity index (χ1) is 3.72. The van der Waals surface area contributed by atoms with E-state index in [0.29, 0.717) is 5.92 Å². The average Bonchev–Trinajstić information content (AvgIpc) is 1.98. The van der Waals surface area contributed by atoms with E-state index in [0.717, 1.165) is 6.42 Å². The Hall–Kier alpha value is -0.300. The van der Waals surface area contributed by atoms with Crippen LogP contribution in [0.2, 0.25) is 0 Å². The van der Waals surface area contributed by atoms with Crippen molar-refractivity contribution in [2.75, 3.05) is 0 Å². The summed E-state index contributed by atoms with van der Waals surface area (Å²) in [5.41, 5.74) is 1.33. The molecule has 0 aliphatic heterocycles. The molecule has 8 heavy (non-hydrogen) atoms. The molecule has 0 radical (unpaired) electrons. The topological polar surface area (TPSA) is 20.2 Å². The van der Waals surface area contributed by atoms with Crippen LogP contribution in [0.5, 0.6) is 0 Å². The third-order valence-corrected chi connectivity index (χ3v) is 1.98. The summed E-state index contributed by atoms with van der Waals surface area (Å²) in [6, 6.07) is 0. The highest BCUT2D eigenvalue weighted by Gasteiger charge is 2.19. The highest BCUT2D eigenvalue weighted by Crippen LogP contribution is 2.24. The first kappa shape index (κ1) is 5.83. The zero-order valence-corrected chi connectivity index (χ0v) is 5.39. The van der Waals surface area contributed by atoms with Gasteiger partial charge in [0.2, 0.25) is 0 Å². The van der Waals surface area contributed by atoms with Gasteiger partial charge in [0.05, 0.1) is 6.10 Å². The lowest BCUT2D eigenvalue weighted by atomic mass is 10.0. The fraction of sp³-hybridized carbons (Fsp3) is 0.714. The van der Waals surface area contributed by atoms with E-state index in [1.54, 1.807) is 0 Å². The molecule has 0 aromatic heterocycles. The monoisotopic (exact) mass is 112 g/mol. The zero-order chi connectivity index (χ0) is 6.15. The van der Waals surface area contributed by atoms with Crippen molar-refractivity contribution in [1.82, 2.24) is 0 Å². The van der Waals surface area contributed by atoms with Gasteiger partial charge in [0.15, 0.2) is 0 Å². The van der Waals surface area contributed by atoms with Crippen LogP contribution in [0.15, 0.2) is 11.6 Å². The normalized spacial score (nSPS) is 37.6. The lowest BCUT2D eigenvalue weighted by Crippen LogP contribution is -2.11. The second kappa shape index (κ2) is 1.90. The number of aliphatic hydroxyl groups excluding tert-OH is 1. The van der Waals surface area contributed by atoms with Crippen molar-refractivity contribution in [2.45, 2.75) is 26.4 Å². The van der Waals surface area contributed by atoms with Crippen LogP contribution in [0, 0.1) is 5.92 Å². The molecule has 1 aliphatic carbocycles. The first-order valence-corrected chi connectivity index (χ1v) is 3.06. The predicted octanol–water partition coefficient (Wildman–Crippen LogP) is 1.33. The molecule has 0 heterocycles. The second-order valence-corrected chi connectivity index (χ2v) is 2.54. The third-order valence-electron chi connectivity index (χ3n) is 1.98. The van der Waals surface area contributed by atoms with Crippen LogP contribution in [-0.2, 0) is 0 Å². The van der Waals surface area contributed by atoms with Gasteiger partial charge >= 0.3 is 0 Å². The molecule has 46 valence electrons. The van der Waals surface area contributed by atoms with Crippen molar-refractivity contribution in [1.29, 1.82) is 0 Å². The average molecular weight is 112 g/mol. The number of hydrogen-bond acceptors (Lipinski definition) is 1. The van der Waals surface area contributed by atoms with Gasteiger partial charge in [0.25, 0.3) is 0 Å². The third kappa shape index (κ3) is 0.781. The number of rotatable bonds is 0. The second-order valence-electron chi connectivity index (χ2n) is 2.54. The Morgan fingerprint density at radius 2 is 2.38 bits per heavy atom. The summed E-state index contributed by atoms with van der Waals surface area (Å²) < 4.78 is 0. The molecular formula is C7H12O. The summed E-state index contributed by atoms with van der Waals surface area (Å²) in [4.78, 5) is 0. The molecule has 0 aromatic carbocycles. The summed E-state index contributed by atoms with van der Waals surface area (Å²) in [6.07, 6.45) is 2.86. The van der Waals surface area contributed by atoms with Crippen molar-refractivity contribution in [3.63, 3.8) is 0 Å². The fourth-order valence-corrected chi connectivity index (χ4v) is 1.00. The Bertz CT molecular complexity index is 116. The molecule has 1 heteroatoms. The largest absolute Gasteiger partial charge is 0.392 e. The van der Waals surface area contributed by atoms with Crippen molar-refractivity contribution in [2.24, 2.45) is 5.92 Å². The van der Waals surface area contributed by atoms with E-state index in [2.05, 4.69) is 19.9 Å². The standard InChI is InChI=1S/C7H12O/c1-5-3-4-7(8)6(5)2/h3,6-8H,4H2,1-2H3/t6-,7-/m0/s1. The molecule has 0 fully saturated rings. The Morgan fingerprint density at radius 3 is 2.50 bits per heavy atom. The van der Waals surface area contributed by atoms with Crippen LogP contribution in [0.3, 0.4) is 0 Å².